The Morgan fingerprint density at radius 1 is 1.14 bits per heavy atom. The summed E-state index contributed by atoms with van der Waals surface area (Å²) in [6.45, 7) is 6.46. The van der Waals surface area contributed by atoms with E-state index in [1.807, 2.05) is 36.4 Å². The summed E-state index contributed by atoms with van der Waals surface area (Å²) in [5.41, 5.74) is 1.93. The van der Waals surface area contributed by atoms with E-state index in [0.717, 1.165) is 30.5 Å². The van der Waals surface area contributed by atoms with Gasteiger partial charge in [-0.25, -0.2) is 0 Å². The second-order valence-electron chi connectivity index (χ2n) is 7.89. The van der Waals surface area contributed by atoms with Crippen LogP contribution in [0, 0.1) is 5.92 Å². The lowest BCUT2D eigenvalue weighted by molar-refractivity contribution is 0.0789. The number of carbonyl (C=O) groups excluding carboxylic acids is 1. The van der Waals surface area contributed by atoms with Crippen LogP contribution >= 0.6 is 0 Å². The zero-order valence-electron chi connectivity index (χ0n) is 16.4. The van der Waals surface area contributed by atoms with Gasteiger partial charge in [0.05, 0.1) is 6.54 Å². The van der Waals surface area contributed by atoms with Crippen molar-refractivity contribution in [3.8, 4) is 11.5 Å². The second-order valence-corrected chi connectivity index (χ2v) is 7.89. The number of ether oxygens (including phenoxy) is 2. The Morgan fingerprint density at radius 2 is 1.93 bits per heavy atom. The first-order valence-corrected chi connectivity index (χ1v) is 10.2. The molecule has 2 aromatic carbocycles. The molecule has 1 fully saturated rings. The molecule has 2 aromatic rings. The summed E-state index contributed by atoms with van der Waals surface area (Å²) in [6, 6.07) is 15.5. The van der Waals surface area contributed by atoms with E-state index < -0.39 is 0 Å². The van der Waals surface area contributed by atoms with Crippen LogP contribution in [0.5, 0.6) is 11.5 Å². The highest BCUT2D eigenvalue weighted by Gasteiger charge is 2.21. The van der Waals surface area contributed by atoms with Crippen molar-refractivity contribution in [1.29, 1.82) is 0 Å². The highest BCUT2D eigenvalue weighted by atomic mass is 16.6. The summed E-state index contributed by atoms with van der Waals surface area (Å²) in [7, 11) is 0. The maximum Gasteiger partial charge on any atom is 0.251 e. The zero-order valence-corrected chi connectivity index (χ0v) is 16.4. The van der Waals surface area contributed by atoms with Crippen molar-refractivity contribution in [2.24, 2.45) is 5.92 Å². The lowest BCUT2D eigenvalue weighted by Gasteiger charge is -2.30. The minimum Gasteiger partial charge on any atom is -0.486 e. The maximum atomic E-state index is 12.5. The molecular weight excluding hydrogens is 352 g/mol. The molecule has 0 unspecified atom stereocenters. The topological polar surface area (TPSA) is 50.8 Å². The molecule has 0 bridgehead atoms. The number of amides is 1. The number of likely N-dealkylation sites (tertiary alicyclic amines) is 1. The average molecular weight is 380 g/mol. The number of nitrogens with zero attached hydrogens (tertiary/aromatic N) is 1. The summed E-state index contributed by atoms with van der Waals surface area (Å²) in [5, 5.41) is 2.95. The second kappa shape index (κ2) is 8.65. The highest BCUT2D eigenvalue weighted by molar-refractivity contribution is 5.94. The van der Waals surface area contributed by atoms with Gasteiger partial charge in [-0.05, 0) is 55.1 Å². The van der Waals surface area contributed by atoms with Crippen LogP contribution in [-0.4, -0.2) is 43.2 Å². The average Bonchev–Trinajstić information content (AvgIpc) is 2.72. The fourth-order valence-electron chi connectivity index (χ4n) is 3.92. The van der Waals surface area contributed by atoms with Crippen molar-refractivity contribution in [2.75, 3.05) is 26.2 Å². The van der Waals surface area contributed by atoms with E-state index in [2.05, 4.69) is 29.3 Å². The Bertz CT molecular complexity index is 806. The molecule has 148 valence electrons. The number of benzene rings is 2. The van der Waals surface area contributed by atoms with Gasteiger partial charge in [0.25, 0.3) is 5.91 Å². The van der Waals surface area contributed by atoms with Gasteiger partial charge in [-0.15, -0.1) is 0 Å². The molecule has 2 atom stereocenters. The van der Waals surface area contributed by atoms with Crippen molar-refractivity contribution >= 4 is 5.91 Å². The minimum atomic E-state index is -0.181. The van der Waals surface area contributed by atoms with Crippen LogP contribution in [0.3, 0.4) is 0 Å². The number of hydrogen-bond acceptors (Lipinski definition) is 4. The fraction of sp³-hybridized carbons (Fsp3) is 0.435. The summed E-state index contributed by atoms with van der Waals surface area (Å²) in [5.74, 6) is 2.17. The number of para-hydroxylation sites is 2. The van der Waals surface area contributed by atoms with Crippen LogP contribution < -0.4 is 14.8 Å². The predicted octanol–water partition coefficient (Wildman–Crippen LogP) is 3.49. The number of fused-ring (bicyclic) bond motifs is 1. The number of nitrogens with one attached hydrogen (secondary N) is 1. The van der Waals surface area contributed by atoms with Crippen molar-refractivity contribution < 1.29 is 14.3 Å². The van der Waals surface area contributed by atoms with E-state index in [4.69, 9.17) is 9.47 Å². The Labute approximate surface area is 166 Å². The Morgan fingerprint density at radius 3 is 2.71 bits per heavy atom. The van der Waals surface area contributed by atoms with E-state index in [1.165, 1.54) is 24.9 Å². The lowest BCUT2D eigenvalue weighted by atomic mass is 9.99. The van der Waals surface area contributed by atoms with E-state index >= 15 is 0 Å². The Kier molecular flexibility index (Phi) is 5.81. The molecule has 4 rings (SSSR count). The van der Waals surface area contributed by atoms with Crippen molar-refractivity contribution in [1.82, 2.24) is 10.2 Å². The molecule has 0 radical (unpaired) electrons. The fourth-order valence-corrected chi connectivity index (χ4v) is 3.92. The summed E-state index contributed by atoms with van der Waals surface area (Å²) in [6.07, 6.45) is 2.43. The van der Waals surface area contributed by atoms with E-state index in [0.29, 0.717) is 18.7 Å². The standard InChI is InChI=1S/C23H28N2O3/c1-17-5-4-12-25(14-17)15-18-8-10-19(11-9-18)23(26)24-13-20-16-27-21-6-2-3-7-22(21)28-20/h2-3,6-11,17,20H,4-5,12-16H2,1H3,(H,24,26)/t17-,20-/m1/s1. The number of carbonyl (C=O) groups is 1. The van der Waals surface area contributed by atoms with Crippen molar-refractivity contribution in [2.45, 2.75) is 32.4 Å². The molecule has 1 amide bonds. The first kappa shape index (κ1) is 18.8. The zero-order chi connectivity index (χ0) is 19.3. The van der Waals surface area contributed by atoms with Gasteiger partial charge < -0.3 is 14.8 Å². The summed E-state index contributed by atoms with van der Waals surface area (Å²) in [4.78, 5) is 15.0. The van der Waals surface area contributed by atoms with Crippen molar-refractivity contribution in [3.05, 3.63) is 59.7 Å². The first-order valence-electron chi connectivity index (χ1n) is 10.2. The van der Waals surface area contributed by atoms with E-state index in [1.54, 1.807) is 0 Å². The Hall–Kier alpha value is -2.53. The van der Waals surface area contributed by atoms with Crippen molar-refractivity contribution in [3.63, 3.8) is 0 Å². The third-order valence-electron chi connectivity index (χ3n) is 5.42. The lowest BCUT2D eigenvalue weighted by Crippen LogP contribution is -2.40. The highest BCUT2D eigenvalue weighted by Crippen LogP contribution is 2.30. The Balaban J connectivity index is 1.27. The summed E-state index contributed by atoms with van der Waals surface area (Å²) >= 11 is 0. The molecular formula is C23H28N2O3. The van der Waals surface area contributed by atoms with E-state index in [9.17, 15) is 4.79 Å². The molecule has 0 aliphatic carbocycles. The van der Waals surface area contributed by atoms with Gasteiger partial charge in [-0.1, -0.05) is 31.2 Å². The van der Waals surface area contributed by atoms with Crippen LogP contribution in [-0.2, 0) is 6.54 Å². The first-order chi connectivity index (χ1) is 13.7. The molecule has 2 aliphatic heterocycles. The van der Waals surface area contributed by atoms with Crippen LogP contribution in [0.15, 0.2) is 48.5 Å². The minimum absolute atomic E-state index is 0.0828. The molecule has 0 aromatic heterocycles. The SMILES string of the molecule is C[C@@H]1CCCN(Cc2ccc(C(=O)NC[C@@H]3COc4ccccc4O3)cc2)C1. The molecule has 1 N–H and O–H groups in total. The van der Waals surface area contributed by atoms with Gasteiger partial charge in [-0.2, -0.15) is 0 Å². The van der Waals surface area contributed by atoms with Gasteiger partial charge >= 0.3 is 0 Å². The van der Waals surface area contributed by atoms with Crippen LogP contribution in [0.25, 0.3) is 0 Å². The van der Waals surface area contributed by atoms with Gasteiger partial charge in [0.2, 0.25) is 0 Å². The number of hydrogen-bond donors (Lipinski definition) is 1. The van der Waals surface area contributed by atoms with Gasteiger partial charge in [-0.3, -0.25) is 9.69 Å². The molecule has 2 heterocycles. The van der Waals surface area contributed by atoms with Gasteiger partial charge in [0, 0.05) is 18.7 Å². The molecule has 28 heavy (non-hydrogen) atoms. The smallest absolute Gasteiger partial charge is 0.251 e. The maximum absolute atomic E-state index is 12.5. The predicted molar refractivity (Wildman–Crippen MR) is 109 cm³/mol. The van der Waals surface area contributed by atoms with Crippen LogP contribution in [0.1, 0.15) is 35.7 Å². The van der Waals surface area contributed by atoms with Crippen LogP contribution in [0.2, 0.25) is 0 Å². The van der Waals surface area contributed by atoms with E-state index in [-0.39, 0.29) is 12.0 Å². The number of rotatable bonds is 5. The molecule has 5 heteroatoms. The normalized spacial score (nSPS) is 21.9. The van der Waals surface area contributed by atoms with Gasteiger partial charge in [0.15, 0.2) is 11.5 Å². The summed E-state index contributed by atoms with van der Waals surface area (Å²) < 4.78 is 11.6. The monoisotopic (exact) mass is 380 g/mol. The largest absolute Gasteiger partial charge is 0.486 e. The molecule has 0 saturated carbocycles. The molecule has 2 aliphatic rings. The number of piperidine rings is 1. The van der Waals surface area contributed by atoms with Gasteiger partial charge in [0.1, 0.15) is 12.7 Å². The van der Waals surface area contributed by atoms with Crippen LogP contribution in [0.4, 0.5) is 0 Å². The quantitative estimate of drug-likeness (QED) is 0.863. The molecule has 1 saturated heterocycles. The third-order valence-corrected chi connectivity index (χ3v) is 5.42. The molecule has 5 nitrogen and oxygen atoms in total. The molecule has 0 spiro atoms. The third kappa shape index (κ3) is 4.65.